The molecule has 1 aliphatic heterocycles. The number of halogens is 1. The molecule has 1 atom stereocenters. The average Bonchev–Trinajstić information content (AvgIpc) is 2.91. The van der Waals surface area contributed by atoms with Gasteiger partial charge in [0.15, 0.2) is 0 Å². The minimum atomic E-state index is -0.718. The van der Waals surface area contributed by atoms with Gasteiger partial charge in [0, 0.05) is 24.2 Å². The molecule has 1 aliphatic rings. The van der Waals surface area contributed by atoms with E-state index in [0.717, 1.165) is 0 Å². The summed E-state index contributed by atoms with van der Waals surface area (Å²) < 4.78 is 5.07. The van der Waals surface area contributed by atoms with Crippen LogP contribution >= 0.6 is 11.6 Å². The fourth-order valence-electron chi connectivity index (χ4n) is 3.08. The zero-order valence-electron chi connectivity index (χ0n) is 14.2. The van der Waals surface area contributed by atoms with Crippen LogP contribution in [0.5, 0.6) is 0 Å². The first-order chi connectivity index (χ1) is 12.5. The molecule has 0 saturated carbocycles. The summed E-state index contributed by atoms with van der Waals surface area (Å²) in [7, 11) is 1.52. The number of hydrogen-bond donors (Lipinski definition) is 1. The van der Waals surface area contributed by atoms with Gasteiger partial charge in [-0.3, -0.25) is 9.59 Å². The van der Waals surface area contributed by atoms with Gasteiger partial charge >= 0.3 is 0 Å². The monoisotopic (exact) mass is 371 g/mol. The first-order valence-electron chi connectivity index (χ1n) is 8.13. The van der Waals surface area contributed by atoms with Crippen LogP contribution < -0.4 is 0 Å². The molecule has 1 saturated heterocycles. The van der Waals surface area contributed by atoms with E-state index in [-0.39, 0.29) is 24.5 Å². The number of Topliss-reactive ketones (excluding diaryl/α,β-unsaturated/α-hetero) is 1. The Hall–Kier alpha value is -2.63. The number of likely N-dealkylation sites (tertiary alicyclic amines) is 1. The smallest absolute Gasteiger partial charge is 0.295 e. The van der Waals surface area contributed by atoms with Crippen LogP contribution in [0.15, 0.2) is 60.2 Å². The highest BCUT2D eigenvalue weighted by Crippen LogP contribution is 2.39. The number of amides is 1. The van der Waals surface area contributed by atoms with Crippen LogP contribution in [-0.2, 0) is 14.3 Å². The lowest BCUT2D eigenvalue weighted by Gasteiger charge is -2.25. The van der Waals surface area contributed by atoms with E-state index in [1.54, 1.807) is 48.5 Å². The highest BCUT2D eigenvalue weighted by molar-refractivity contribution is 6.46. The Morgan fingerprint density at radius 3 is 2.54 bits per heavy atom. The van der Waals surface area contributed by atoms with Gasteiger partial charge in [-0.1, -0.05) is 54.1 Å². The molecule has 0 aliphatic carbocycles. The summed E-state index contributed by atoms with van der Waals surface area (Å²) in [6.07, 6.45) is 0. The lowest BCUT2D eigenvalue weighted by Crippen LogP contribution is -2.32. The number of aliphatic hydroxyl groups excluding tert-OH is 1. The van der Waals surface area contributed by atoms with Crippen LogP contribution in [0, 0.1) is 0 Å². The zero-order chi connectivity index (χ0) is 18.7. The van der Waals surface area contributed by atoms with Crippen LogP contribution in [-0.4, -0.2) is 42.0 Å². The fraction of sp³-hybridized carbons (Fsp3) is 0.200. The van der Waals surface area contributed by atoms with Crippen molar-refractivity contribution in [2.75, 3.05) is 20.3 Å². The van der Waals surface area contributed by atoms with Crippen molar-refractivity contribution >= 4 is 29.1 Å². The minimum Gasteiger partial charge on any atom is -0.507 e. The summed E-state index contributed by atoms with van der Waals surface area (Å²) in [5, 5.41) is 11.3. The topological polar surface area (TPSA) is 66.8 Å². The summed E-state index contributed by atoms with van der Waals surface area (Å²) in [6, 6.07) is 14.9. The van der Waals surface area contributed by atoms with Gasteiger partial charge in [-0.15, -0.1) is 0 Å². The molecule has 1 heterocycles. The summed E-state index contributed by atoms with van der Waals surface area (Å²) in [4.78, 5) is 26.7. The van der Waals surface area contributed by atoms with Crippen molar-refractivity contribution in [1.82, 2.24) is 4.90 Å². The van der Waals surface area contributed by atoms with E-state index in [4.69, 9.17) is 16.3 Å². The maximum Gasteiger partial charge on any atom is 0.295 e. The molecule has 134 valence electrons. The largest absolute Gasteiger partial charge is 0.507 e. The number of nitrogens with zero attached hydrogens (tertiary/aromatic N) is 1. The molecule has 1 amide bonds. The summed E-state index contributed by atoms with van der Waals surface area (Å²) in [5.41, 5.74) is 1.19. The number of carbonyl (C=O) groups is 2. The van der Waals surface area contributed by atoms with E-state index < -0.39 is 17.7 Å². The van der Waals surface area contributed by atoms with Crippen molar-refractivity contribution in [2.45, 2.75) is 6.04 Å². The van der Waals surface area contributed by atoms with E-state index >= 15 is 0 Å². The predicted octanol–water partition coefficient (Wildman–Crippen LogP) is 3.41. The molecule has 1 unspecified atom stereocenters. The second-order valence-corrected chi connectivity index (χ2v) is 6.34. The molecule has 2 aromatic rings. The third-order valence-electron chi connectivity index (χ3n) is 4.29. The van der Waals surface area contributed by atoms with Crippen molar-refractivity contribution in [1.29, 1.82) is 0 Å². The third kappa shape index (κ3) is 3.36. The van der Waals surface area contributed by atoms with Gasteiger partial charge in [0.05, 0.1) is 18.2 Å². The number of hydrogen-bond acceptors (Lipinski definition) is 4. The Balaban J connectivity index is 2.16. The van der Waals surface area contributed by atoms with E-state index in [9.17, 15) is 14.7 Å². The molecular weight excluding hydrogens is 354 g/mol. The van der Waals surface area contributed by atoms with Crippen LogP contribution in [0.3, 0.4) is 0 Å². The number of methoxy groups -OCH3 is 1. The maximum atomic E-state index is 12.7. The molecule has 1 N–H and O–H groups in total. The molecule has 0 aromatic heterocycles. The predicted molar refractivity (Wildman–Crippen MR) is 98.8 cm³/mol. The number of aliphatic hydroxyl groups is 1. The standard InChI is InChI=1S/C20H18ClNO4/c1-26-11-10-22-17(14-8-5-9-15(21)12-14)16(19(24)20(22)25)18(23)13-6-3-2-4-7-13/h2-9,12,17,23H,10-11H2,1H3/b18-16+. The van der Waals surface area contributed by atoms with Gasteiger partial charge in [-0.05, 0) is 17.7 Å². The van der Waals surface area contributed by atoms with Crippen LogP contribution in [0.2, 0.25) is 5.02 Å². The highest BCUT2D eigenvalue weighted by atomic mass is 35.5. The van der Waals surface area contributed by atoms with Crippen molar-refractivity contribution in [3.63, 3.8) is 0 Å². The molecule has 0 spiro atoms. The molecule has 1 fully saturated rings. The van der Waals surface area contributed by atoms with Crippen LogP contribution in [0.25, 0.3) is 5.76 Å². The Morgan fingerprint density at radius 1 is 1.15 bits per heavy atom. The highest BCUT2D eigenvalue weighted by Gasteiger charge is 2.45. The Kier molecular flexibility index (Phi) is 5.40. The molecule has 3 rings (SSSR count). The quantitative estimate of drug-likeness (QED) is 0.497. The van der Waals surface area contributed by atoms with Gasteiger partial charge in [-0.2, -0.15) is 0 Å². The summed E-state index contributed by atoms with van der Waals surface area (Å²) in [6.45, 7) is 0.499. The Morgan fingerprint density at radius 2 is 1.88 bits per heavy atom. The lowest BCUT2D eigenvalue weighted by atomic mass is 9.95. The molecule has 2 aromatic carbocycles. The van der Waals surface area contributed by atoms with Crippen LogP contribution in [0.4, 0.5) is 0 Å². The second-order valence-electron chi connectivity index (χ2n) is 5.91. The normalized spacial score (nSPS) is 19.2. The lowest BCUT2D eigenvalue weighted by molar-refractivity contribution is -0.140. The summed E-state index contributed by atoms with van der Waals surface area (Å²) in [5.74, 6) is -1.58. The van der Waals surface area contributed by atoms with Crippen molar-refractivity contribution in [2.24, 2.45) is 0 Å². The van der Waals surface area contributed by atoms with Crippen molar-refractivity contribution in [3.05, 3.63) is 76.3 Å². The average molecular weight is 372 g/mol. The van der Waals surface area contributed by atoms with Gasteiger partial charge in [0.2, 0.25) is 0 Å². The van der Waals surface area contributed by atoms with Gasteiger partial charge in [0.25, 0.3) is 11.7 Å². The van der Waals surface area contributed by atoms with E-state index in [1.165, 1.54) is 12.0 Å². The maximum absolute atomic E-state index is 12.7. The van der Waals surface area contributed by atoms with E-state index in [0.29, 0.717) is 16.1 Å². The minimum absolute atomic E-state index is 0.0552. The molecular formula is C20H18ClNO4. The fourth-order valence-corrected chi connectivity index (χ4v) is 3.27. The zero-order valence-corrected chi connectivity index (χ0v) is 14.9. The van der Waals surface area contributed by atoms with Crippen LogP contribution in [0.1, 0.15) is 17.2 Å². The SMILES string of the molecule is COCCN1C(=O)C(=O)/C(=C(/O)c2ccccc2)C1c1cccc(Cl)c1. The molecule has 26 heavy (non-hydrogen) atoms. The number of rotatable bonds is 5. The first-order valence-corrected chi connectivity index (χ1v) is 8.50. The first kappa shape index (κ1) is 18.2. The number of benzene rings is 2. The number of ether oxygens (including phenoxy) is 1. The molecule has 5 nitrogen and oxygen atoms in total. The van der Waals surface area contributed by atoms with E-state index in [2.05, 4.69) is 0 Å². The number of ketones is 1. The van der Waals surface area contributed by atoms with Crippen molar-refractivity contribution in [3.8, 4) is 0 Å². The third-order valence-corrected chi connectivity index (χ3v) is 4.52. The number of carbonyl (C=O) groups excluding carboxylic acids is 2. The molecule has 6 heteroatoms. The van der Waals surface area contributed by atoms with Crippen molar-refractivity contribution < 1.29 is 19.4 Å². The second kappa shape index (κ2) is 7.72. The van der Waals surface area contributed by atoms with Gasteiger partial charge in [0.1, 0.15) is 5.76 Å². The van der Waals surface area contributed by atoms with E-state index in [1.807, 2.05) is 6.07 Å². The molecule has 0 bridgehead atoms. The Labute approximate surface area is 156 Å². The molecule has 0 radical (unpaired) electrons. The van der Waals surface area contributed by atoms with Gasteiger partial charge < -0.3 is 14.7 Å². The van der Waals surface area contributed by atoms with Gasteiger partial charge in [-0.25, -0.2) is 0 Å². The summed E-state index contributed by atoms with van der Waals surface area (Å²) >= 11 is 6.10. The Bertz CT molecular complexity index is 863.